The van der Waals surface area contributed by atoms with Crippen LogP contribution in [0.15, 0.2) is 34.9 Å². The Hall–Kier alpha value is -0.710. The molecular formula is C13H15BrN2S. The van der Waals surface area contributed by atoms with Crippen molar-refractivity contribution < 1.29 is 0 Å². The second-order valence-corrected chi connectivity index (χ2v) is 5.93. The molecule has 2 rings (SSSR count). The minimum absolute atomic E-state index is 0.747. The third kappa shape index (κ3) is 3.63. The molecule has 0 radical (unpaired) electrons. The van der Waals surface area contributed by atoms with E-state index in [9.17, 15) is 0 Å². The molecule has 0 amide bonds. The SMILES string of the molecule is NCCCc1cnc(Cc2ccccc2Br)s1. The lowest BCUT2D eigenvalue weighted by atomic mass is 10.2. The maximum Gasteiger partial charge on any atom is 0.0971 e. The molecular weight excluding hydrogens is 296 g/mol. The predicted molar refractivity (Wildman–Crippen MR) is 76.4 cm³/mol. The van der Waals surface area contributed by atoms with E-state index in [2.05, 4.69) is 39.1 Å². The molecule has 4 heteroatoms. The predicted octanol–water partition coefficient (Wildman–Crippen LogP) is 3.39. The Balaban J connectivity index is 2.04. The summed E-state index contributed by atoms with van der Waals surface area (Å²) in [5.74, 6) is 0. The average molecular weight is 311 g/mol. The Bertz CT molecular complexity index is 482. The highest BCUT2D eigenvalue weighted by Crippen LogP contribution is 2.22. The lowest BCUT2D eigenvalue weighted by Crippen LogP contribution is -1.99. The maximum atomic E-state index is 5.50. The van der Waals surface area contributed by atoms with E-state index in [1.165, 1.54) is 15.4 Å². The summed E-state index contributed by atoms with van der Waals surface area (Å²) in [6, 6.07) is 8.29. The van der Waals surface area contributed by atoms with E-state index in [4.69, 9.17) is 5.73 Å². The van der Waals surface area contributed by atoms with Gasteiger partial charge in [0.25, 0.3) is 0 Å². The number of hydrogen-bond acceptors (Lipinski definition) is 3. The zero-order valence-electron chi connectivity index (χ0n) is 9.53. The van der Waals surface area contributed by atoms with Gasteiger partial charge >= 0.3 is 0 Å². The van der Waals surface area contributed by atoms with Crippen LogP contribution in [-0.4, -0.2) is 11.5 Å². The number of benzene rings is 1. The Morgan fingerprint density at radius 3 is 2.88 bits per heavy atom. The average Bonchev–Trinajstić information content (AvgIpc) is 2.77. The van der Waals surface area contributed by atoms with Gasteiger partial charge in [-0.25, -0.2) is 4.98 Å². The van der Waals surface area contributed by atoms with Gasteiger partial charge in [0.1, 0.15) is 0 Å². The Kier molecular flexibility index (Phi) is 4.71. The minimum atomic E-state index is 0.747. The molecule has 17 heavy (non-hydrogen) atoms. The van der Waals surface area contributed by atoms with E-state index >= 15 is 0 Å². The highest BCUT2D eigenvalue weighted by Gasteiger charge is 2.05. The van der Waals surface area contributed by atoms with Gasteiger partial charge < -0.3 is 5.73 Å². The van der Waals surface area contributed by atoms with Crippen molar-refractivity contribution in [2.45, 2.75) is 19.3 Å². The lowest BCUT2D eigenvalue weighted by Gasteiger charge is -2.00. The number of thiazole rings is 1. The first kappa shape index (κ1) is 12.7. The van der Waals surface area contributed by atoms with Gasteiger partial charge in [0.15, 0.2) is 0 Å². The monoisotopic (exact) mass is 310 g/mol. The van der Waals surface area contributed by atoms with Crippen molar-refractivity contribution in [1.82, 2.24) is 4.98 Å². The topological polar surface area (TPSA) is 38.9 Å². The number of aromatic nitrogens is 1. The molecule has 0 aliphatic heterocycles. The molecule has 0 saturated heterocycles. The summed E-state index contributed by atoms with van der Waals surface area (Å²) < 4.78 is 1.15. The van der Waals surface area contributed by atoms with E-state index in [0.29, 0.717) is 0 Å². The van der Waals surface area contributed by atoms with E-state index < -0.39 is 0 Å². The van der Waals surface area contributed by atoms with Crippen molar-refractivity contribution in [2.24, 2.45) is 5.73 Å². The third-order valence-electron chi connectivity index (χ3n) is 2.53. The minimum Gasteiger partial charge on any atom is -0.330 e. The molecule has 0 spiro atoms. The van der Waals surface area contributed by atoms with Gasteiger partial charge in [-0.05, 0) is 31.0 Å². The molecule has 1 aromatic heterocycles. The molecule has 0 saturated carbocycles. The van der Waals surface area contributed by atoms with Crippen LogP contribution in [0.25, 0.3) is 0 Å². The second-order valence-electron chi connectivity index (χ2n) is 3.88. The molecule has 0 unspecified atom stereocenters. The van der Waals surface area contributed by atoms with Gasteiger partial charge in [0.05, 0.1) is 5.01 Å². The van der Waals surface area contributed by atoms with Gasteiger partial charge in [-0.1, -0.05) is 34.1 Å². The van der Waals surface area contributed by atoms with Crippen LogP contribution in [0.5, 0.6) is 0 Å². The summed E-state index contributed by atoms with van der Waals surface area (Å²) in [7, 11) is 0. The molecule has 1 aromatic carbocycles. The summed E-state index contributed by atoms with van der Waals surface area (Å²) in [5, 5.41) is 1.17. The number of aryl methyl sites for hydroxylation is 1. The molecule has 0 fully saturated rings. The van der Waals surface area contributed by atoms with Crippen LogP contribution in [0.2, 0.25) is 0 Å². The van der Waals surface area contributed by atoms with Crippen molar-refractivity contribution in [2.75, 3.05) is 6.54 Å². The zero-order valence-corrected chi connectivity index (χ0v) is 11.9. The quantitative estimate of drug-likeness (QED) is 0.919. The summed E-state index contributed by atoms with van der Waals surface area (Å²) >= 11 is 5.35. The van der Waals surface area contributed by atoms with Crippen molar-refractivity contribution >= 4 is 27.3 Å². The number of hydrogen-bond donors (Lipinski definition) is 1. The molecule has 0 atom stereocenters. The van der Waals surface area contributed by atoms with Crippen molar-refractivity contribution in [3.8, 4) is 0 Å². The standard InChI is InChI=1S/C13H15BrN2S/c14-12-6-2-1-4-10(12)8-13-16-9-11(17-13)5-3-7-15/h1-2,4,6,9H,3,5,7-8,15H2. The molecule has 2 aromatic rings. The molecule has 2 nitrogen and oxygen atoms in total. The van der Waals surface area contributed by atoms with Crippen molar-refractivity contribution in [3.63, 3.8) is 0 Å². The summed E-state index contributed by atoms with van der Waals surface area (Å²) in [4.78, 5) is 5.79. The zero-order chi connectivity index (χ0) is 12.1. The molecule has 0 bridgehead atoms. The summed E-state index contributed by atoms with van der Waals surface area (Å²) in [6.07, 6.45) is 4.96. The Morgan fingerprint density at radius 2 is 2.12 bits per heavy atom. The molecule has 90 valence electrons. The first-order valence-corrected chi connectivity index (χ1v) is 7.27. The molecule has 2 N–H and O–H groups in total. The molecule has 0 aliphatic carbocycles. The van der Waals surface area contributed by atoms with Gasteiger partial charge in [0, 0.05) is 22.0 Å². The van der Waals surface area contributed by atoms with Crippen LogP contribution in [0, 0.1) is 0 Å². The van der Waals surface area contributed by atoms with E-state index in [1.54, 1.807) is 11.3 Å². The smallest absolute Gasteiger partial charge is 0.0971 e. The van der Waals surface area contributed by atoms with Crippen LogP contribution in [0.4, 0.5) is 0 Å². The normalized spacial score (nSPS) is 10.7. The van der Waals surface area contributed by atoms with Gasteiger partial charge in [-0.15, -0.1) is 11.3 Å². The van der Waals surface area contributed by atoms with Crippen molar-refractivity contribution in [1.29, 1.82) is 0 Å². The molecule has 0 aliphatic rings. The van der Waals surface area contributed by atoms with Crippen molar-refractivity contribution in [3.05, 3.63) is 50.4 Å². The van der Waals surface area contributed by atoms with Crippen LogP contribution < -0.4 is 5.73 Å². The first-order valence-electron chi connectivity index (χ1n) is 5.66. The fourth-order valence-corrected chi connectivity index (χ4v) is 3.04. The Morgan fingerprint density at radius 1 is 1.29 bits per heavy atom. The van der Waals surface area contributed by atoms with Crippen LogP contribution >= 0.6 is 27.3 Å². The van der Waals surface area contributed by atoms with E-state index in [0.717, 1.165) is 30.3 Å². The summed E-state index contributed by atoms with van der Waals surface area (Å²) in [6.45, 7) is 0.747. The van der Waals surface area contributed by atoms with E-state index in [1.807, 2.05) is 12.3 Å². The number of nitrogens with two attached hydrogens (primary N) is 1. The fourth-order valence-electron chi connectivity index (χ4n) is 1.63. The molecule has 1 heterocycles. The highest BCUT2D eigenvalue weighted by atomic mass is 79.9. The number of nitrogens with zero attached hydrogens (tertiary/aromatic N) is 1. The lowest BCUT2D eigenvalue weighted by molar-refractivity contribution is 0.841. The number of rotatable bonds is 5. The largest absolute Gasteiger partial charge is 0.330 e. The number of halogens is 1. The van der Waals surface area contributed by atoms with Gasteiger partial charge in [0.2, 0.25) is 0 Å². The Labute approximate surface area is 114 Å². The summed E-state index contributed by atoms with van der Waals surface area (Å²) in [5.41, 5.74) is 6.79. The maximum absolute atomic E-state index is 5.50. The van der Waals surface area contributed by atoms with Gasteiger partial charge in [-0.3, -0.25) is 0 Å². The third-order valence-corrected chi connectivity index (χ3v) is 4.36. The van der Waals surface area contributed by atoms with E-state index in [-0.39, 0.29) is 0 Å². The highest BCUT2D eigenvalue weighted by molar-refractivity contribution is 9.10. The van der Waals surface area contributed by atoms with Gasteiger partial charge in [-0.2, -0.15) is 0 Å². The van der Waals surface area contributed by atoms with Crippen LogP contribution in [0.1, 0.15) is 21.9 Å². The fraction of sp³-hybridized carbons (Fsp3) is 0.308. The van der Waals surface area contributed by atoms with Crippen LogP contribution in [0.3, 0.4) is 0 Å². The first-order chi connectivity index (χ1) is 8.29. The van der Waals surface area contributed by atoms with Crippen LogP contribution in [-0.2, 0) is 12.8 Å². The second kappa shape index (κ2) is 6.28.